The molecule has 1 aromatic rings. The molecule has 64 valence electrons. The van der Waals surface area contributed by atoms with E-state index < -0.39 is 5.97 Å². The normalized spacial score (nSPS) is 8.33. The van der Waals surface area contributed by atoms with Crippen LogP contribution >= 0.6 is 12.4 Å². The highest BCUT2D eigenvalue weighted by Gasteiger charge is 2.06. The van der Waals surface area contributed by atoms with Crippen molar-refractivity contribution in [2.24, 2.45) is 0 Å². The molecular weight excluding hydrogens is 178 g/mol. The number of carbonyl (C=O) groups is 1. The maximum Gasteiger partial charge on any atom is 0.355 e. The number of halogens is 1. The van der Waals surface area contributed by atoms with Gasteiger partial charge in [-0.1, -0.05) is 18.7 Å². The quantitative estimate of drug-likeness (QED) is 0.765. The highest BCUT2D eigenvalue weighted by molar-refractivity contribution is 5.89. The maximum absolute atomic E-state index is 10.5. The van der Waals surface area contributed by atoms with Crippen LogP contribution in [0.3, 0.4) is 0 Å². The predicted molar refractivity (Wildman–Crippen MR) is 48.5 cm³/mol. The average Bonchev–Trinajstić information content (AvgIpc) is 2.04. The molecule has 0 amide bonds. The number of hydrogen-bond donors (Lipinski definition) is 1. The molecule has 0 unspecified atom stereocenters. The van der Waals surface area contributed by atoms with E-state index in [1.807, 2.05) is 0 Å². The Bertz CT molecular complexity index is 299. The molecule has 1 rings (SSSR count). The van der Waals surface area contributed by atoms with Gasteiger partial charge in [0, 0.05) is 11.8 Å². The smallest absolute Gasteiger partial charge is 0.355 e. The van der Waals surface area contributed by atoms with Crippen molar-refractivity contribution in [3.05, 3.63) is 36.2 Å². The number of aromatic carboxylic acids is 1. The number of rotatable bonds is 2. The molecule has 0 radical (unpaired) electrons. The van der Waals surface area contributed by atoms with Crippen LogP contribution in [-0.2, 0) is 0 Å². The van der Waals surface area contributed by atoms with Gasteiger partial charge >= 0.3 is 5.97 Å². The molecule has 1 aromatic heterocycles. The minimum absolute atomic E-state index is 0. The summed E-state index contributed by atoms with van der Waals surface area (Å²) in [6.07, 6.45) is 2.91. The van der Waals surface area contributed by atoms with Crippen LogP contribution in [0.15, 0.2) is 24.9 Å². The fourth-order valence-corrected chi connectivity index (χ4v) is 0.761. The Morgan fingerprint density at radius 3 is 2.75 bits per heavy atom. The summed E-state index contributed by atoms with van der Waals surface area (Å²) >= 11 is 0. The van der Waals surface area contributed by atoms with Crippen LogP contribution in [0.1, 0.15) is 16.1 Å². The first-order valence-electron chi connectivity index (χ1n) is 3.06. The van der Waals surface area contributed by atoms with E-state index in [4.69, 9.17) is 5.11 Å². The minimum Gasteiger partial charge on any atom is -0.476 e. The Kier molecular flexibility index (Phi) is 4.00. The van der Waals surface area contributed by atoms with Gasteiger partial charge in [-0.2, -0.15) is 0 Å². The largest absolute Gasteiger partial charge is 0.476 e. The highest BCUT2D eigenvalue weighted by Crippen LogP contribution is 2.05. The number of carboxylic acid groups (broad SMARTS) is 1. The molecule has 0 aromatic carbocycles. The van der Waals surface area contributed by atoms with Gasteiger partial charge in [0.15, 0.2) is 5.69 Å². The molecule has 0 aliphatic rings. The van der Waals surface area contributed by atoms with Gasteiger partial charge in [0.25, 0.3) is 0 Å². The first-order chi connectivity index (χ1) is 5.25. The SMILES string of the molecule is C=Cc1cccnc1C(=O)O.Cl. The van der Waals surface area contributed by atoms with Crippen LogP contribution in [0, 0.1) is 0 Å². The Morgan fingerprint density at radius 1 is 1.67 bits per heavy atom. The van der Waals surface area contributed by atoms with Gasteiger partial charge in [-0.25, -0.2) is 9.78 Å². The predicted octanol–water partition coefficient (Wildman–Crippen LogP) is 1.84. The molecule has 12 heavy (non-hydrogen) atoms. The molecule has 3 nitrogen and oxygen atoms in total. The summed E-state index contributed by atoms with van der Waals surface area (Å²) in [6.45, 7) is 3.47. The molecule has 1 N–H and O–H groups in total. The van der Waals surface area contributed by atoms with Crippen molar-refractivity contribution < 1.29 is 9.90 Å². The molecule has 0 spiro atoms. The molecule has 4 heteroatoms. The number of hydrogen-bond acceptors (Lipinski definition) is 2. The second-order valence-corrected chi connectivity index (χ2v) is 1.95. The summed E-state index contributed by atoms with van der Waals surface area (Å²) in [4.78, 5) is 14.1. The van der Waals surface area contributed by atoms with Crippen molar-refractivity contribution in [2.75, 3.05) is 0 Å². The summed E-state index contributed by atoms with van der Waals surface area (Å²) in [7, 11) is 0. The minimum atomic E-state index is -1.03. The zero-order chi connectivity index (χ0) is 8.27. The van der Waals surface area contributed by atoms with Crippen molar-refractivity contribution in [1.82, 2.24) is 4.98 Å². The number of nitrogens with zero attached hydrogens (tertiary/aromatic N) is 1. The first kappa shape index (κ1) is 10.7. The summed E-state index contributed by atoms with van der Waals surface area (Å²) in [5, 5.41) is 8.59. The third-order valence-corrected chi connectivity index (χ3v) is 1.26. The molecule has 0 bridgehead atoms. The van der Waals surface area contributed by atoms with Crippen LogP contribution in [0.25, 0.3) is 6.08 Å². The molecule has 0 aliphatic carbocycles. The number of pyridine rings is 1. The third-order valence-electron chi connectivity index (χ3n) is 1.26. The van der Waals surface area contributed by atoms with E-state index in [1.54, 1.807) is 12.1 Å². The second-order valence-electron chi connectivity index (χ2n) is 1.95. The Hall–Kier alpha value is -1.35. The monoisotopic (exact) mass is 185 g/mol. The maximum atomic E-state index is 10.5. The zero-order valence-electron chi connectivity index (χ0n) is 6.23. The van der Waals surface area contributed by atoms with Gasteiger partial charge in [0.05, 0.1) is 0 Å². The van der Waals surface area contributed by atoms with Gasteiger partial charge < -0.3 is 5.11 Å². The number of aromatic nitrogens is 1. The summed E-state index contributed by atoms with van der Waals surface area (Å²) < 4.78 is 0. The van der Waals surface area contributed by atoms with Crippen LogP contribution in [0.5, 0.6) is 0 Å². The molecule has 0 fully saturated rings. The lowest BCUT2D eigenvalue weighted by atomic mass is 10.2. The van der Waals surface area contributed by atoms with Crippen LogP contribution in [0.2, 0.25) is 0 Å². The molecule has 0 aliphatic heterocycles. The summed E-state index contributed by atoms with van der Waals surface area (Å²) in [5.41, 5.74) is 0.586. The van der Waals surface area contributed by atoms with Crippen molar-refractivity contribution in [2.45, 2.75) is 0 Å². The Morgan fingerprint density at radius 2 is 2.33 bits per heavy atom. The van der Waals surface area contributed by atoms with Gasteiger partial charge in [-0.05, 0) is 6.07 Å². The zero-order valence-corrected chi connectivity index (χ0v) is 7.04. The van der Waals surface area contributed by atoms with E-state index in [0.29, 0.717) is 5.56 Å². The van der Waals surface area contributed by atoms with Crippen molar-refractivity contribution in [1.29, 1.82) is 0 Å². The van der Waals surface area contributed by atoms with Crippen molar-refractivity contribution in [3.8, 4) is 0 Å². The number of carboxylic acids is 1. The standard InChI is InChI=1S/C8H7NO2.ClH/c1-2-6-4-3-5-9-7(6)8(10)11;/h2-5H,1H2,(H,10,11);1H. The first-order valence-corrected chi connectivity index (χ1v) is 3.06. The lowest BCUT2D eigenvalue weighted by molar-refractivity contribution is 0.0690. The van der Waals surface area contributed by atoms with Gasteiger partial charge in [0.2, 0.25) is 0 Å². The van der Waals surface area contributed by atoms with Gasteiger partial charge in [0.1, 0.15) is 0 Å². The van der Waals surface area contributed by atoms with E-state index in [1.165, 1.54) is 12.3 Å². The summed E-state index contributed by atoms with van der Waals surface area (Å²) in [5.74, 6) is -1.03. The average molecular weight is 186 g/mol. The highest BCUT2D eigenvalue weighted by atomic mass is 35.5. The lowest BCUT2D eigenvalue weighted by Crippen LogP contribution is -2.01. The van der Waals surface area contributed by atoms with Gasteiger partial charge in [-0.15, -0.1) is 12.4 Å². The van der Waals surface area contributed by atoms with E-state index in [-0.39, 0.29) is 18.1 Å². The fraction of sp³-hybridized carbons (Fsp3) is 0. The van der Waals surface area contributed by atoms with E-state index in [9.17, 15) is 4.79 Å². The van der Waals surface area contributed by atoms with Crippen LogP contribution in [0.4, 0.5) is 0 Å². The lowest BCUT2D eigenvalue weighted by Gasteiger charge is -1.96. The second kappa shape index (κ2) is 4.51. The van der Waals surface area contributed by atoms with Crippen LogP contribution in [-0.4, -0.2) is 16.1 Å². The Labute approximate surface area is 76.2 Å². The van der Waals surface area contributed by atoms with Crippen LogP contribution < -0.4 is 0 Å². The summed E-state index contributed by atoms with van der Waals surface area (Å²) in [6, 6.07) is 3.33. The molecule has 0 atom stereocenters. The third kappa shape index (κ3) is 2.07. The van der Waals surface area contributed by atoms with Crippen molar-refractivity contribution in [3.63, 3.8) is 0 Å². The Balaban J connectivity index is 0.00000121. The molecule has 1 heterocycles. The van der Waals surface area contributed by atoms with Crippen molar-refractivity contribution >= 4 is 24.5 Å². The van der Waals surface area contributed by atoms with E-state index >= 15 is 0 Å². The van der Waals surface area contributed by atoms with E-state index in [2.05, 4.69) is 11.6 Å². The molecule has 0 saturated carbocycles. The molecule has 0 saturated heterocycles. The van der Waals surface area contributed by atoms with Gasteiger partial charge in [-0.3, -0.25) is 0 Å². The fourth-order valence-electron chi connectivity index (χ4n) is 0.761. The molecular formula is C8H8ClNO2. The van der Waals surface area contributed by atoms with E-state index in [0.717, 1.165) is 0 Å². The topological polar surface area (TPSA) is 50.2 Å².